The van der Waals surface area contributed by atoms with Crippen molar-refractivity contribution in [1.82, 2.24) is 0 Å². The zero-order valence-corrected chi connectivity index (χ0v) is 16.1. The largest absolute Gasteiger partial charge is 1.00 e. The Kier molecular flexibility index (Phi) is 70.8. The fourth-order valence-corrected chi connectivity index (χ4v) is 0. The summed E-state index contributed by atoms with van der Waals surface area (Å²) in [5.74, 6) is -2.50. The van der Waals surface area contributed by atoms with Crippen LogP contribution in [0.3, 0.4) is 0 Å². The Morgan fingerprint density at radius 2 is 0.667 bits per heavy atom. The van der Waals surface area contributed by atoms with E-state index in [1.807, 2.05) is 0 Å². The van der Waals surface area contributed by atoms with Gasteiger partial charge in [0.15, 0.2) is 0 Å². The maximum absolute atomic E-state index is 9.00. The zero-order valence-electron chi connectivity index (χ0n) is 13.1. The molecule has 0 heterocycles. The molecular weight excluding hydrogens is 237 g/mol. The molecule has 3 N–H and O–H groups in total. The van der Waals surface area contributed by atoms with Crippen LogP contribution in [0.2, 0.25) is 0 Å². The molecule has 0 atom stereocenters. The van der Waals surface area contributed by atoms with E-state index in [4.69, 9.17) is 29.7 Å². The first-order chi connectivity index (χ1) is 5.20. The normalized spacial score (nSPS) is 5.00. The molecule has 0 aromatic carbocycles. The van der Waals surface area contributed by atoms with Gasteiger partial charge in [-0.05, 0) is 0 Å². The summed E-state index contributed by atoms with van der Waals surface area (Å²) in [6, 6.07) is 0. The Hall–Kier alpha value is 1.41. The molecule has 0 bridgehead atoms. The molecule has 0 amide bonds. The van der Waals surface area contributed by atoms with Gasteiger partial charge in [-0.3, -0.25) is 14.4 Å². The maximum Gasteiger partial charge on any atom is 1.00 e. The molecule has 0 unspecified atom stereocenters. The predicted molar refractivity (Wildman–Crippen MR) is 43.3 cm³/mol. The van der Waals surface area contributed by atoms with Crippen LogP contribution in [-0.2, 0) is 14.4 Å². The molecule has 0 aromatic rings. The van der Waals surface area contributed by atoms with Crippen molar-refractivity contribution in [3.8, 4) is 0 Å². The zero-order chi connectivity index (χ0) is 10.7. The minimum atomic E-state index is -0.833. The van der Waals surface area contributed by atoms with E-state index in [-0.39, 0.29) is 93.0 Å². The van der Waals surface area contributed by atoms with Crippen LogP contribution in [0.4, 0.5) is 0 Å². The van der Waals surface area contributed by atoms with E-state index in [2.05, 4.69) is 0 Å². The van der Waals surface area contributed by atoms with Crippen molar-refractivity contribution >= 4 is 17.9 Å². The third-order valence-electron chi connectivity index (χ3n) is 0. The van der Waals surface area contributed by atoms with Crippen molar-refractivity contribution in [2.24, 2.45) is 0 Å². The Labute approximate surface area is 159 Å². The molecule has 0 spiro atoms. The van der Waals surface area contributed by atoms with Crippen LogP contribution in [0.5, 0.6) is 0 Å². The number of hydrogen-bond acceptors (Lipinski definition) is 3. The van der Waals surface area contributed by atoms with Gasteiger partial charge in [0.25, 0.3) is 17.9 Å². The quantitative estimate of drug-likeness (QED) is 0.369. The second-order valence-electron chi connectivity index (χ2n) is 1.56. The fraction of sp³-hybridized carbons (Fsp3) is 0.500. The van der Waals surface area contributed by atoms with Crippen LogP contribution in [-0.4, -0.2) is 33.2 Å². The third kappa shape index (κ3) is 1390. The van der Waals surface area contributed by atoms with Gasteiger partial charge in [-0.25, -0.2) is 0 Å². The molecule has 6 nitrogen and oxygen atoms in total. The van der Waals surface area contributed by atoms with Gasteiger partial charge in [0.05, 0.1) is 0 Å². The average Bonchev–Trinajstić information content (AvgIpc) is 1.54. The Morgan fingerprint density at radius 3 is 0.667 bits per heavy atom. The van der Waals surface area contributed by atoms with E-state index >= 15 is 0 Å². The molecule has 9 heteroatoms. The third-order valence-corrected chi connectivity index (χ3v) is 0. The van der Waals surface area contributed by atoms with Crippen molar-refractivity contribution in [3.63, 3.8) is 0 Å². The molecule has 0 radical (unpaired) electrons. The molecule has 15 heavy (non-hydrogen) atoms. The summed E-state index contributed by atoms with van der Waals surface area (Å²) >= 11 is 0. The molecule has 0 fully saturated rings. The first kappa shape index (κ1) is 36.0. The van der Waals surface area contributed by atoms with E-state index in [1.54, 1.807) is 0 Å². The molecule has 0 aliphatic carbocycles. The van der Waals surface area contributed by atoms with E-state index in [9.17, 15) is 0 Å². The van der Waals surface area contributed by atoms with Gasteiger partial charge in [0, 0.05) is 20.8 Å². The van der Waals surface area contributed by atoms with Gasteiger partial charge >= 0.3 is 88.7 Å². The summed E-state index contributed by atoms with van der Waals surface area (Å²) in [7, 11) is 0. The van der Waals surface area contributed by atoms with Crippen molar-refractivity contribution in [2.45, 2.75) is 20.8 Å². The first-order valence-electron chi connectivity index (χ1n) is 2.78. The number of carbonyl (C=O) groups is 3. The summed E-state index contributed by atoms with van der Waals surface area (Å²) in [6.45, 7) is 3.25. The summed E-state index contributed by atoms with van der Waals surface area (Å²) in [5, 5.41) is 22.2. The SMILES string of the molecule is CC(=O)O.CC(=O)O.CC(=O)O.[H-].[H-].[H-].[Na+].[Na+].[Na+]. The van der Waals surface area contributed by atoms with E-state index in [0.29, 0.717) is 0 Å². The van der Waals surface area contributed by atoms with Gasteiger partial charge in [0.1, 0.15) is 0 Å². The van der Waals surface area contributed by atoms with Crippen molar-refractivity contribution < 1.29 is 123 Å². The van der Waals surface area contributed by atoms with Gasteiger partial charge in [-0.2, -0.15) is 0 Å². The van der Waals surface area contributed by atoms with Gasteiger partial charge in [-0.15, -0.1) is 0 Å². The smallest absolute Gasteiger partial charge is 1.00 e. The van der Waals surface area contributed by atoms with Crippen LogP contribution in [0.15, 0.2) is 0 Å². The van der Waals surface area contributed by atoms with E-state index < -0.39 is 17.9 Å². The van der Waals surface area contributed by atoms with Crippen molar-refractivity contribution in [1.29, 1.82) is 0 Å². The number of rotatable bonds is 0. The monoisotopic (exact) mass is 252 g/mol. The number of carboxylic acids is 3. The van der Waals surface area contributed by atoms with Gasteiger partial charge in [0.2, 0.25) is 0 Å². The summed E-state index contributed by atoms with van der Waals surface area (Å²) in [4.78, 5) is 27.0. The Balaban J connectivity index is -0.00000000827. The molecule has 0 rings (SSSR count). The number of hydrogen-bond donors (Lipinski definition) is 3. The molecule has 0 aliphatic rings. The van der Waals surface area contributed by atoms with Crippen LogP contribution in [0.25, 0.3) is 0 Å². The molecule has 0 saturated carbocycles. The van der Waals surface area contributed by atoms with Gasteiger partial charge < -0.3 is 19.6 Å². The second kappa shape index (κ2) is 29.5. The molecule has 0 aliphatic heterocycles. The Bertz CT molecular complexity index is 132. The number of carboxylic acid groups (broad SMARTS) is 3. The number of aliphatic carboxylic acids is 3. The van der Waals surface area contributed by atoms with E-state index in [0.717, 1.165) is 20.8 Å². The Morgan fingerprint density at radius 1 is 0.667 bits per heavy atom. The minimum Gasteiger partial charge on any atom is -1.00 e. The van der Waals surface area contributed by atoms with E-state index in [1.165, 1.54) is 0 Å². The minimum absolute atomic E-state index is 0. The summed E-state index contributed by atoms with van der Waals surface area (Å²) in [5.41, 5.74) is 0. The maximum atomic E-state index is 9.00. The topological polar surface area (TPSA) is 112 Å². The standard InChI is InChI=1S/3C2H4O2.3Na.3H/c3*1-2(3)4;;;;;;/h3*1H3,(H,3,4);;;;;;/q;;;3*+1;3*-1. The van der Waals surface area contributed by atoms with Gasteiger partial charge in [-0.1, -0.05) is 0 Å². The van der Waals surface area contributed by atoms with Crippen LogP contribution in [0.1, 0.15) is 25.1 Å². The average molecular weight is 252 g/mol. The molecule has 78 valence electrons. The van der Waals surface area contributed by atoms with Crippen molar-refractivity contribution in [2.75, 3.05) is 0 Å². The first-order valence-corrected chi connectivity index (χ1v) is 2.78. The van der Waals surface area contributed by atoms with Crippen molar-refractivity contribution in [3.05, 3.63) is 0 Å². The summed E-state index contributed by atoms with van der Waals surface area (Å²) in [6.07, 6.45) is 0. The predicted octanol–water partition coefficient (Wildman–Crippen LogP) is -8.38. The van der Waals surface area contributed by atoms with Crippen LogP contribution >= 0.6 is 0 Å². The van der Waals surface area contributed by atoms with Crippen LogP contribution < -0.4 is 88.7 Å². The summed E-state index contributed by atoms with van der Waals surface area (Å²) < 4.78 is 0. The fourth-order valence-electron chi connectivity index (χ4n) is 0. The second-order valence-corrected chi connectivity index (χ2v) is 1.56. The molecule has 0 aromatic heterocycles. The molecule has 0 saturated heterocycles. The van der Waals surface area contributed by atoms with Crippen LogP contribution in [0, 0.1) is 0 Å². The molecular formula is C6H15Na3O6.